The molecule has 0 saturated carbocycles. The maximum Gasteiger partial charge on any atom is 0.404 e. The Hall–Kier alpha value is -0.770. The monoisotopic (exact) mass is 147 g/mol. The number of hydrogen-bond donors (Lipinski definition) is 2. The van der Waals surface area contributed by atoms with Gasteiger partial charge in [0.1, 0.15) is 0 Å². The molecular weight excluding hydrogens is 134 g/mol. The first-order chi connectivity index (χ1) is 4.66. The van der Waals surface area contributed by atoms with Crippen LogP contribution in [-0.4, -0.2) is 30.5 Å². The van der Waals surface area contributed by atoms with Crippen LogP contribution >= 0.6 is 0 Å². The van der Waals surface area contributed by atoms with E-state index in [1.165, 1.54) is 0 Å². The molecule has 10 heavy (non-hydrogen) atoms. The quantitative estimate of drug-likeness (QED) is 0.614. The standard InChI is InChI=1S/C6H13NO3/c1-3-10-5(2)4-7-6(8)9/h5,7H,3-4H2,1-2H3,(H,8,9). The van der Waals surface area contributed by atoms with Gasteiger partial charge in [-0.15, -0.1) is 0 Å². The normalized spacial score (nSPS) is 12.6. The fraction of sp³-hybridized carbons (Fsp3) is 0.833. The number of hydrogen-bond acceptors (Lipinski definition) is 2. The van der Waals surface area contributed by atoms with Crippen LogP contribution in [0.4, 0.5) is 4.79 Å². The molecule has 2 N–H and O–H groups in total. The van der Waals surface area contributed by atoms with Gasteiger partial charge < -0.3 is 15.2 Å². The van der Waals surface area contributed by atoms with Crippen LogP contribution in [0.15, 0.2) is 0 Å². The minimum absolute atomic E-state index is 0.0406. The van der Waals surface area contributed by atoms with Gasteiger partial charge in [0.15, 0.2) is 0 Å². The molecule has 4 heteroatoms. The van der Waals surface area contributed by atoms with Gasteiger partial charge in [-0.25, -0.2) is 4.79 Å². The van der Waals surface area contributed by atoms with E-state index >= 15 is 0 Å². The highest BCUT2D eigenvalue weighted by atomic mass is 16.5. The van der Waals surface area contributed by atoms with E-state index in [-0.39, 0.29) is 6.10 Å². The zero-order valence-electron chi connectivity index (χ0n) is 6.26. The zero-order chi connectivity index (χ0) is 7.98. The Labute approximate surface area is 60.2 Å². The average Bonchev–Trinajstić information content (AvgIpc) is 1.85. The Morgan fingerprint density at radius 1 is 1.80 bits per heavy atom. The largest absolute Gasteiger partial charge is 0.465 e. The highest BCUT2D eigenvalue weighted by Crippen LogP contribution is 1.86. The molecule has 0 aliphatic heterocycles. The third kappa shape index (κ3) is 5.37. The Kier molecular flexibility index (Phi) is 4.66. The number of ether oxygens (including phenoxy) is 1. The van der Waals surface area contributed by atoms with E-state index in [0.29, 0.717) is 13.2 Å². The number of carboxylic acid groups (broad SMARTS) is 1. The predicted octanol–water partition coefficient (Wildman–Crippen LogP) is 0.679. The summed E-state index contributed by atoms with van der Waals surface area (Å²) in [4.78, 5) is 9.94. The molecule has 0 aromatic heterocycles. The summed E-state index contributed by atoms with van der Waals surface area (Å²) < 4.78 is 5.07. The Balaban J connectivity index is 3.21. The molecule has 1 atom stereocenters. The number of rotatable bonds is 4. The summed E-state index contributed by atoms with van der Waals surface area (Å²) in [6, 6.07) is 0. The van der Waals surface area contributed by atoms with Crippen molar-refractivity contribution in [2.75, 3.05) is 13.2 Å². The van der Waals surface area contributed by atoms with Crippen molar-refractivity contribution in [1.29, 1.82) is 0 Å². The molecule has 0 aromatic carbocycles. The van der Waals surface area contributed by atoms with Gasteiger partial charge in [-0.2, -0.15) is 0 Å². The maximum absolute atomic E-state index is 9.94. The lowest BCUT2D eigenvalue weighted by Gasteiger charge is -2.09. The lowest BCUT2D eigenvalue weighted by atomic mass is 10.4. The van der Waals surface area contributed by atoms with Gasteiger partial charge in [0.2, 0.25) is 0 Å². The Bertz CT molecular complexity index is 105. The van der Waals surface area contributed by atoms with Gasteiger partial charge in [0.05, 0.1) is 6.10 Å². The molecule has 0 fully saturated rings. The van der Waals surface area contributed by atoms with Gasteiger partial charge >= 0.3 is 6.09 Å². The van der Waals surface area contributed by atoms with E-state index in [0.717, 1.165) is 0 Å². The molecule has 4 nitrogen and oxygen atoms in total. The van der Waals surface area contributed by atoms with Gasteiger partial charge in [0.25, 0.3) is 0 Å². The fourth-order valence-electron chi connectivity index (χ4n) is 0.574. The lowest BCUT2D eigenvalue weighted by Crippen LogP contribution is -2.30. The summed E-state index contributed by atoms with van der Waals surface area (Å²) in [6.45, 7) is 4.66. The zero-order valence-corrected chi connectivity index (χ0v) is 6.26. The first-order valence-corrected chi connectivity index (χ1v) is 3.25. The van der Waals surface area contributed by atoms with E-state index in [1.807, 2.05) is 13.8 Å². The van der Waals surface area contributed by atoms with E-state index in [9.17, 15) is 4.79 Å². The third-order valence-electron chi connectivity index (χ3n) is 0.992. The minimum atomic E-state index is -1.01. The lowest BCUT2D eigenvalue weighted by molar-refractivity contribution is 0.0755. The van der Waals surface area contributed by atoms with Crippen LogP contribution in [0, 0.1) is 0 Å². The third-order valence-corrected chi connectivity index (χ3v) is 0.992. The number of amides is 1. The van der Waals surface area contributed by atoms with Crippen LogP contribution in [-0.2, 0) is 4.74 Å². The maximum atomic E-state index is 9.94. The summed E-state index contributed by atoms with van der Waals surface area (Å²) in [6.07, 6.45) is -1.05. The molecule has 0 radical (unpaired) electrons. The second-order valence-electron chi connectivity index (χ2n) is 1.95. The van der Waals surface area contributed by atoms with Crippen molar-refractivity contribution < 1.29 is 14.6 Å². The SMILES string of the molecule is CCOC(C)CNC(=O)O. The van der Waals surface area contributed by atoms with Crippen molar-refractivity contribution in [3.63, 3.8) is 0 Å². The van der Waals surface area contributed by atoms with Crippen molar-refractivity contribution in [3.05, 3.63) is 0 Å². The molecule has 1 amide bonds. The number of nitrogens with one attached hydrogen (secondary N) is 1. The summed E-state index contributed by atoms with van der Waals surface area (Å²) >= 11 is 0. The fourth-order valence-corrected chi connectivity index (χ4v) is 0.574. The van der Waals surface area contributed by atoms with Crippen LogP contribution in [0.1, 0.15) is 13.8 Å². The molecule has 0 aliphatic rings. The van der Waals surface area contributed by atoms with Crippen molar-refractivity contribution in [1.82, 2.24) is 5.32 Å². The smallest absolute Gasteiger partial charge is 0.404 e. The first kappa shape index (κ1) is 9.23. The molecule has 0 heterocycles. The molecule has 0 saturated heterocycles. The van der Waals surface area contributed by atoms with Crippen LogP contribution in [0.25, 0.3) is 0 Å². The summed E-state index contributed by atoms with van der Waals surface area (Å²) in [7, 11) is 0. The molecule has 0 rings (SSSR count). The minimum Gasteiger partial charge on any atom is -0.465 e. The van der Waals surface area contributed by atoms with Crippen LogP contribution in [0.3, 0.4) is 0 Å². The average molecular weight is 147 g/mol. The van der Waals surface area contributed by atoms with E-state index in [1.54, 1.807) is 0 Å². The second kappa shape index (κ2) is 5.05. The molecule has 60 valence electrons. The molecule has 0 aromatic rings. The van der Waals surface area contributed by atoms with Crippen molar-refractivity contribution in [3.8, 4) is 0 Å². The summed E-state index contributed by atoms with van der Waals surface area (Å²) in [5.41, 5.74) is 0. The van der Waals surface area contributed by atoms with Crippen LogP contribution in [0.2, 0.25) is 0 Å². The molecule has 0 spiro atoms. The highest BCUT2D eigenvalue weighted by molar-refractivity contribution is 5.64. The van der Waals surface area contributed by atoms with Crippen LogP contribution < -0.4 is 5.32 Å². The topological polar surface area (TPSA) is 58.6 Å². The second-order valence-corrected chi connectivity index (χ2v) is 1.95. The van der Waals surface area contributed by atoms with Gasteiger partial charge in [-0.1, -0.05) is 0 Å². The molecular formula is C6H13NO3. The van der Waals surface area contributed by atoms with E-state index < -0.39 is 6.09 Å². The Morgan fingerprint density at radius 2 is 2.40 bits per heavy atom. The highest BCUT2D eigenvalue weighted by Gasteiger charge is 2.01. The molecule has 0 aliphatic carbocycles. The summed E-state index contributed by atoms with van der Waals surface area (Å²) in [5.74, 6) is 0. The molecule has 0 bridgehead atoms. The van der Waals surface area contributed by atoms with E-state index in [4.69, 9.17) is 9.84 Å². The van der Waals surface area contributed by atoms with Crippen LogP contribution in [0.5, 0.6) is 0 Å². The predicted molar refractivity (Wildman–Crippen MR) is 37.1 cm³/mol. The van der Waals surface area contributed by atoms with Crippen molar-refractivity contribution in [2.45, 2.75) is 20.0 Å². The van der Waals surface area contributed by atoms with E-state index in [2.05, 4.69) is 5.32 Å². The Morgan fingerprint density at radius 3 is 2.80 bits per heavy atom. The van der Waals surface area contributed by atoms with Gasteiger partial charge in [-0.3, -0.25) is 0 Å². The summed E-state index contributed by atoms with van der Waals surface area (Å²) in [5, 5.41) is 10.4. The number of carbonyl (C=O) groups is 1. The van der Waals surface area contributed by atoms with Crippen molar-refractivity contribution in [2.24, 2.45) is 0 Å². The van der Waals surface area contributed by atoms with Gasteiger partial charge in [-0.05, 0) is 13.8 Å². The van der Waals surface area contributed by atoms with Gasteiger partial charge in [0, 0.05) is 13.2 Å². The van der Waals surface area contributed by atoms with Crippen molar-refractivity contribution >= 4 is 6.09 Å². The first-order valence-electron chi connectivity index (χ1n) is 3.25. The molecule has 1 unspecified atom stereocenters.